The van der Waals surface area contributed by atoms with Crippen molar-refractivity contribution in [2.45, 2.75) is 13.1 Å². The molecule has 0 aliphatic rings. The van der Waals surface area contributed by atoms with Gasteiger partial charge in [-0.05, 0) is 49.4 Å². The molecule has 0 radical (unpaired) electrons. The summed E-state index contributed by atoms with van der Waals surface area (Å²) >= 11 is 0. The van der Waals surface area contributed by atoms with Gasteiger partial charge in [-0.25, -0.2) is 9.36 Å². The molecular weight excluding hydrogens is 383 g/mol. The summed E-state index contributed by atoms with van der Waals surface area (Å²) in [5.74, 6) is 0.705. The third-order valence-corrected chi connectivity index (χ3v) is 4.34. The lowest BCUT2D eigenvalue weighted by molar-refractivity contribution is -0.142. The van der Waals surface area contributed by atoms with Gasteiger partial charge in [-0.15, -0.1) is 5.10 Å². The quantitative estimate of drug-likeness (QED) is 0.509. The lowest BCUT2D eigenvalue weighted by Gasteiger charge is -2.10. The number of aryl methyl sites for hydroxylation is 1. The van der Waals surface area contributed by atoms with Crippen LogP contribution in [-0.4, -0.2) is 31.9 Å². The van der Waals surface area contributed by atoms with E-state index in [0.29, 0.717) is 28.5 Å². The van der Waals surface area contributed by atoms with Crippen LogP contribution < -0.4 is 4.74 Å². The van der Waals surface area contributed by atoms with Crippen LogP contribution >= 0.6 is 0 Å². The second kappa shape index (κ2) is 7.08. The molecule has 6 nitrogen and oxygen atoms in total. The highest BCUT2D eigenvalue weighted by Gasteiger charge is 2.35. The van der Waals surface area contributed by atoms with Gasteiger partial charge in [-0.3, -0.25) is 0 Å². The lowest BCUT2D eigenvalue weighted by atomic mass is 10.1. The number of ether oxygens (including phenoxy) is 1. The van der Waals surface area contributed by atoms with Crippen LogP contribution in [0.1, 0.15) is 11.4 Å². The van der Waals surface area contributed by atoms with Crippen molar-refractivity contribution >= 4 is 0 Å². The zero-order valence-corrected chi connectivity index (χ0v) is 15.6. The van der Waals surface area contributed by atoms with Crippen molar-refractivity contribution in [2.24, 2.45) is 0 Å². The van der Waals surface area contributed by atoms with Gasteiger partial charge < -0.3 is 4.74 Å². The van der Waals surface area contributed by atoms with Crippen molar-refractivity contribution in [1.82, 2.24) is 24.8 Å². The Balaban J connectivity index is 1.64. The summed E-state index contributed by atoms with van der Waals surface area (Å²) in [4.78, 5) is 0. The first-order valence-electron chi connectivity index (χ1n) is 8.66. The van der Waals surface area contributed by atoms with Crippen molar-refractivity contribution in [3.05, 3.63) is 72.2 Å². The van der Waals surface area contributed by atoms with E-state index >= 15 is 0 Å². The highest BCUT2D eigenvalue weighted by molar-refractivity contribution is 5.60. The molecule has 29 heavy (non-hydrogen) atoms. The predicted molar refractivity (Wildman–Crippen MR) is 100 cm³/mol. The Morgan fingerprint density at radius 2 is 1.69 bits per heavy atom. The molecule has 2 heterocycles. The number of rotatable bonds is 4. The van der Waals surface area contributed by atoms with E-state index in [-0.39, 0.29) is 0 Å². The molecule has 4 rings (SSSR count). The van der Waals surface area contributed by atoms with Crippen LogP contribution in [0, 0.1) is 6.92 Å². The third kappa shape index (κ3) is 3.71. The number of nitrogens with zero attached hydrogens (tertiary/aromatic N) is 5. The Bertz CT molecular complexity index is 1150. The van der Waals surface area contributed by atoms with Gasteiger partial charge in [-0.1, -0.05) is 17.3 Å². The molecule has 0 atom stereocenters. The summed E-state index contributed by atoms with van der Waals surface area (Å²) in [5.41, 5.74) is 1.93. The molecule has 0 aliphatic heterocycles. The lowest BCUT2D eigenvalue weighted by Crippen LogP contribution is -2.13. The number of methoxy groups -OCH3 is 1. The van der Waals surface area contributed by atoms with Gasteiger partial charge in [0.2, 0.25) is 0 Å². The van der Waals surface area contributed by atoms with Crippen molar-refractivity contribution in [3.63, 3.8) is 0 Å². The van der Waals surface area contributed by atoms with Crippen molar-refractivity contribution in [2.75, 3.05) is 7.11 Å². The number of halogens is 3. The number of hydrogen-bond acceptors (Lipinski definition) is 4. The minimum atomic E-state index is -4.49. The molecule has 9 heteroatoms. The van der Waals surface area contributed by atoms with Crippen molar-refractivity contribution in [3.8, 4) is 28.4 Å². The minimum Gasteiger partial charge on any atom is -0.497 e. The molecule has 0 spiro atoms. The van der Waals surface area contributed by atoms with Gasteiger partial charge in [-0.2, -0.15) is 18.3 Å². The maximum atomic E-state index is 13.2. The number of aromatic nitrogens is 5. The van der Waals surface area contributed by atoms with Crippen LogP contribution in [0.5, 0.6) is 5.75 Å². The number of alkyl halides is 3. The second-order valence-corrected chi connectivity index (χ2v) is 6.38. The average Bonchev–Trinajstić information content (AvgIpc) is 3.35. The minimum absolute atomic E-state index is 0.292. The fraction of sp³-hybridized carbons (Fsp3) is 0.150. The summed E-state index contributed by atoms with van der Waals surface area (Å²) in [6.45, 7) is 1.52. The van der Waals surface area contributed by atoms with Crippen molar-refractivity contribution in [1.29, 1.82) is 0 Å². The zero-order chi connectivity index (χ0) is 20.6. The van der Waals surface area contributed by atoms with Gasteiger partial charge in [0.25, 0.3) is 0 Å². The van der Waals surface area contributed by atoms with Gasteiger partial charge in [0, 0.05) is 5.56 Å². The Hall–Kier alpha value is -3.62. The van der Waals surface area contributed by atoms with Crippen LogP contribution in [-0.2, 0) is 6.18 Å². The molecule has 0 N–H and O–H groups in total. The molecule has 0 bridgehead atoms. The predicted octanol–water partition coefficient (Wildman–Crippen LogP) is 4.46. The molecular formula is C20H16F3N5O. The fourth-order valence-corrected chi connectivity index (χ4v) is 2.95. The summed E-state index contributed by atoms with van der Waals surface area (Å²) < 4.78 is 47.3. The summed E-state index contributed by atoms with van der Waals surface area (Å²) in [6.07, 6.45) is -2.75. The van der Waals surface area contributed by atoms with E-state index in [1.807, 2.05) is 24.3 Å². The zero-order valence-electron chi connectivity index (χ0n) is 15.6. The van der Waals surface area contributed by atoms with Gasteiger partial charge in [0.15, 0.2) is 0 Å². The van der Waals surface area contributed by atoms with Gasteiger partial charge in [0.05, 0.1) is 30.4 Å². The first-order chi connectivity index (χ1) is 13.8. The molecule has 0 fully saturated rings. The largest absolute Gasteiger partial charge is 0.497 e. The smallest absolute Gasteiger partial charge is 0.433 e. The van der Waals surface area contributed by atoms with E-state index in [0.717, 1.165) is 16.3 Å². The number of benzene rings is 2. The standard InChI is InChI=1S/C20H16F3N5O/c1-13-10-19(20(21,22)23)28(25-13)16-8-6-15(7-9-16)27-12-18(24-26-27)14-4-3-5-17(11-14)29-2/h3-12H,1-2H3. The molecule has 2 aromatic heterocycles. The normalized spacial score (nSPS) is 11.6. The van der Waals surface area contributed by atoms with E-state index < -0.39 is 11.9 Å². The molecule has 0 amide bonds. The first-order valence-corrected chi connectivity index (χ1v) is 8.66. The topological polar surface area (TPSA) is 57.8 Å². The third-order valence-electron chi connectivity index (χ3n) is 4.34. The Kier molecular flexibility index (Phi) is 4.57. The monoisotopic (exact) mass is 399 g/mol. The van der Waals surface area contributed by atoms with Gasteiger partial charge in [0.1, 0.15) is 17.1 Å². The highest BCUT2D eigenvalue weighted by atomic mass is 19.4. The average molecular weight is 399 g/mol. The summed E-state index contributed by atoms with van der Waals surface area (Å²) in [5, 5.41) is 12.2. The molecule has 0 saturated heterocycles. The van der Waals surface area contributed by atoms with E-state index in [2.05, 4.69) is 15.4 Å². The van der Waals surface area contributed by atoms with Crippen LogP contribution in [0.2, 0.25) is 0 Å². The van der Waals surface area contributed by atoms with Crippen molar-refractivity contribution < 1.29 is 17.9 Å². The Morgan fingerprint density at radius 3 is 2.38 bits per heavy atom. The van der Waals surface area contributed by atoms with Crippen LogP contribution in [0.3, 0.4) is 0 Å². The van der Waals surface area contributed by atoms with E-state index in [4.69, 9.17) is 4.74 Å². The van der Waals surface area contributed by atoms with E-state index in [1.165, 1.54) is 6.92 Å². The van der Waals surface area contributed by atoms with E-state index in [9.17, 15) is 13.2 Å². The second-order valence-electron chi connectivity index (χ2n) is 6.38. The maximum absolute atomic E-state index is 13.2. The number of hydrogen-bond donors (Lipinski definition) is 0. The van der Waals surface area contributed by atoms with Crippen LogP contribution in [0.25, 0.3) is 22.6 Å². The maximum Gasteiger partial charge on any atom is 0.433 e. The van der Waals surface area contributed by atoms with Gasteiger partial charge >= 0.3 is 6.18 Å². The van der Waals surface area contributed by atoms with Crippen LogP contribution in [0.4, 0.5) is 13.2 Å². The fourth-order valence-electron chi connectivity index (χ4n) is 2.95. The summed E-state index contributed by atoms with van der Waals surface area (Å²) in [7, 11) is 1.59. The van der Waals surface area contributed by atoms with E-state index in [1.54, 1.807) is 42.3 Å². The molecule has 148 valence electrons. The summed E-state index contributed by atoms with van der Waals surface area (Å²) in [6, 6.07) is 14.9. The Labute approximate surface area is 164 Å². The Morgan fingerprint density at radius 1 is 0.966 bits per heavy atom. The molecule has 0 saturated carbocycles. The molecule has 4 aromatic rings. The first kappa shape index (κ1) is 18.7. The molecule has 0 aliphatic carbocycles. The van der Waals surface area contributed by atoms with Crippen LogP contribution in [0.15, 0.2) is 60.8 Å². The SMILES string of the molecule is COc1cccc(-c2cn(-c3ccc(-n4nc(C)cc4C(F)(F)F)cc3)nn2)c1. The molecule has 0 unspecified atom stereocenters. The highest BCUT2D eigenvalue weighted by Crippen LogP contribution is 2.31. The molecule has 2 aromatic carbocycles.